The second kappa shape index (κ2) is 8.80. The molecule has 0 fully saturated rings. The Morgan fingerprint density at radius 2 is 1.86 bits per heavy atom. The van der Waals surface area contributed by atoms with Gasteiger partial charge in [-0.1, -0.05) is 40.2 Å². The van der Waals surface area contributed by atoms with Gasteiger partial charge in [-0.15, -0.1) is 0 Å². The van der Waals surface area contributed by atoms with Crippen molar-refractivity contribution < 1.29 is 14.1 Å². The van der Waals surface area contributed by atoms with Crippen molar-refractivity contribution in [3.63, 3.8) is 0 Å². The van der Waals surface area contributed by atoms with E-state index in [0.717, 1.165) is 5.56 Å². The number of halogens is 1. The number of methoxy groups -OCH3 is 1. The van der Waals surface area contributed by atoms with Crippen molar-refractivity contribution in [1.82, 2.24) is 9.55 Å². The number of benzene rings is 3. The third-order valence-electron chi connectivity index (χ3n) is 5.57. The molecule has 2 aromatic heterocycles. The molecule has 0 saturated carbocycles. The van der Waals surface area contributed by atoms with Crippen LogP contribution in [-0.2, 0) is 6.54 Å². The molecule has 0 unspecified atom stereocenters. The summed E-state index contributed by atoms with van der Waals surface area (Å²) in [5, 5.41) is 11.4. The Balaban J connectivity index is 1.82. The molecule has 35 heavy (non-hydrogen) atoms. The van der Waals surface area contributed by atoms with E-state index in [2.05, 4.69) is 20.9 Å². The lowest BCUT2D eigenvalue weighted by atomic mass is 10.1. The molecule has 9 nitrogen and oxygen atoms in total. The SMILES string of the molecule is COc1ccc(Cn2c(-c3cccc([N+](=O)[O-])c3)nc3oc4ccc(Br)cc4c(=O)c3c2=O)cc1. The van der Waals surface area contributed by atoms with Gasteiger partial charge in [-0.05, 0) is 35.9 Å². The van der Waals surface area contributed by atoms with Crippen molar-refractivity contribution in [3.8, 4) is 17.1 Å². The summed E-state index contributed by atoms with van der Waals surface area (Å²) in [7, 11) is 1.55. The first-order chi connectivity index (χ1) is 16.9. The number of nitro groups is 1. The Morgan fingerprint density at radius 3 is 2.57 bits per heavy atom. The molecule has 5 aromatic rings. The van der Waals surface area contributed by atoms with Crippen LogP contribution in [0.3, 0.4) is 0 Å². The molecule has 0 bridgehead atoms. The van der Waals surface area contributed by atoms with Crippen LogP contribution in [0, 0.1) is 10.1 Å². The van der Waals surface area contributed by atoms with E-state index in [4.69, 9.17) is 9.15 Å². The smallest absolute Gasteiger partial charge is 0.270 e. The van der Waals surface area contributed by atoms with Gasteiger partial charge in [0.15, 0.2) is 5.39 Å². The molecule has 0 saturated heterocycles. The summed E-state index contributed by atoms with van der Waals surface area (Å²) in [5.74, 6) is 0.788. The molecular weight excluding hydrogens is 518 g/mol. The van der Waals surface area contributed by atoms with Crippen LogP contribution in [0.4, 0.5) is 5.69 Å². The molecule has 0 aliphatic rings. The standard InChI is InChI=1S/C25H16BrN3O6/c1-34-18-8-5-14(6-9-18)13-28-23(15-3-2-4-17(11-15)29(32)33)27-24-21(25(28)31)22(30)19-12-16(26)7-10-20(19)35-24/h2-12H,13H2,1H3. The van der Waals surface area contributed by atoms with E-state index in [9.17, 15) is 19.7 Å². The average molecular weight is 534 g/mol. The maximum absolute atomic E-state index is 13.7. The molecule has 0 spiro atoms. The van der Waals surface area contributed by atoms with Crippen molar-refractivity contribution in [2.75, 3.05) is 7.11 Å². The number of rotatable bonds is 5. The Labute approximate surface area is 205 Å². The molecule has 0 amide bonds. The summed E-state index contributed by atoms with van der Waals surface area (Å²) in [6, 6.07) is 17.8. The van der Waals surface area contributed by atoms with E-state index < -0.39 is 15.9 Å². The van der Waals surface area contributed by atoms with Crippen LogP contribution in [0.5, 0.6) is 5.75 Å². The minimum Gasteiger partial charge on any atom is -0.497 e. The fourth-order valence-corrected chi connectivity index (χ4v) is 4.21. The Morgan fingerprint density at radius 1 is 1.09 bits per heavy atom. The Kier molecular flexibility index (Phi) is 5.65. The van der Waals surface area contributed by atoms with Gasteiger partial charge in [-0.2, -0.15) is 4.98 Å². The van der Waals surface area contributed by atoms with Crippen LogP contribution in [0.25, 0.3) is 33.5 Å². The molecule has 0 aliphatic carbocycles. The van der Waals surface area contributed by atoms with Crippen LogP contribution >= 0.6 is 15.9 Å². The molecule has 0 N–H and O–H groups in total. The van der Waals surface area contributed by atoms with E-state index in [1.54, 1.807) is 55.6 Å². The number of nitrogens with zero attached hydrogens (tertiary/aromatic N) is 3. The van der Waals surface area contributed by atoms with Gasteiger partial charge in [0.05, 0.1) is 24.0 Å². The molecule has 174 valence electrons. The third kappa shape index (κ3) is 4.08. The second-order valence-corrected chi connectivity index (χ2v) is 8.65. The first kappa shape index (κ1) is 22.5. The zero-order chi connectivity index (χ0) is 24.7. The van der Waals surface area contributed by atoms with Gasteiger partial charge in [0, 0.05) is 22.2 Å². The minimum atomic E-state index is -0.608. The highest BCUT2D eigenvalue weighted by molar-refractivity contribution is 9.10. The Bertz CT molecular complexity index is 1740. The largest absolute Gasteiger partial charge is 0.497 e. The Hall–Kier alpha value is -4.31. The normalized spacial score (nSPS) is 11.1. The van der Waals surface area contributed by atoms with Gasteiger partial charge in [0.1, 0.15) is 17.2 Å². The van der Waals surface area contributed by atoms with E-state index >= 15 is 0 Å². The molecule has 10 heteroatoms. The van der Waals surface area contributed by atoms with Crippen LogP contribution in [-0.4, -0.2) is 21.6 Å². The maximum Gasteiger partial charge on any atom is 0.270 e. The molecule has 0 radical (unpaired) electrons. The highest BCUT2D eigenvalue weighted by atomic mass is 79.9. The predicted octanol–water partition coefficient (Wildman–Crippen LogP) is 4.90. The number of non-ortho nitro benzene ring substituents is 1. The van der Waals surface area contributed by atoms with Crippen LogP contribution in [0.1, 0.15) is 5.56 Å². The van der Waals surface area contributed by atoms with Gasteiger partial charge in [-0.25, -0.2) is 0 Å². The quantitative estimate of drug-likeness (QED) is 0.179. The molecule has 2 heterocycles. The molecule has 0 atom stereocenters. The van der Waals surface area contributed by atoms with Crippen molar-refractivity contribution in [1.29, 1.82) is 0 Å². The zero-order valence-electron chi connectivity index (χ0n) is 18.2. The summed E-state index contributed by atoms with van der Waals surface area (Å²) in [6.07, 6.45) is 0. The fraction of sp³-hybridized carbons (Fsp3) is 0.0800. The molecule has 3 aromatic carbocycles. The van der Waals surface area contributed by atoms with Gasteiger partial charge >= 0.3 is 0 Å². The number of aromatic nitrogens is 2. The lowest BCUT2D eigenvalue weighted by Gasteiger charge is -2.14. The van der Waals surface area contributed by atoms with Crippen LogP contribution in [0.15, 0.2) is 85.2 Å². The monoisotopic (exact) mass is 533 g/mol. The lowest BCUT2D eigenvalue weighted by molar-refractivity contribution is -0.384. The van der Waals surface area contributed by atoms with Crippen molar-refractivity contribution >= 4 is 43.7 Å². The number of fused-ring (bicyclic) bond motifs is 2. The number of nitro benzene ring substituents is 1. The van der Waals surface area contributed by atoms with Gasteiger partial charge in [-0.3, -0.25) is 24.3 Å². The lowest BCUT2D eigenvalue weighted by Crippen LogP contribution is -2.28. The number of hydrogen-bond donors (Lipinski definition) is 0. The first-order valence-corrected chi connectivity index (χ1v) is 11.2. The summed E-state index contributed by atoms with van der Waals surface area (Å²) >= 11 is 3.34. The molecule has 0 aliphatic heterocycles. The summed E-state index contributed by atoms with van der Waals surface area (Å²) in [5.41, 5.74) is -0.0496. The fourth-order valence-electron chi connectivity index (χ4n) is 3.85. The highest BCUT2D eigenvalue weighted by Gasteiger charge is 2.20. The highest BCUT2D eigenvalue weighted by Crippen LogP contribution is 2.26. The summed E-state index contributed by atoms with van der Waals surface area (Å²) < 4.78 is 13.0. The van der Waals surface area contributed by atoms with E-state index in [1.165, 1.54) is 22.8 Å². The molecule has 5 rings (SSSR count). The maximum atomic E-state index is 13.7. The third-order valence-corrected chi connectivity index (χ3v) is 6.06. The topological polar surface area (TPSA) is 117 Å². The van der Waals surface area contributed by atoms with Crippen molar-refractivity contribution in [2.45, 2.75) is 6.54 Å². The van der Waals surface area contributed by atoms with Gasteiger partial charge in [0.25, 0.3) is 11.2 Å². The van der Waals surface area contributed by atoms with E-state index in [1.807, 2.05) is 0 Å². The van der Waals surface area contributed by atoms with E-state index in [0.29, 0.717) is 15.8 Å². The van der Waals surface area contributed by atoms with Crippen molar-refractivity contribution in [3.05, 3.63) is 107 Å². The minimum absolute atomic E-state index is 0.0692. The van der Waals surface area contributed by atoms with E-state index in [-0.39, 0.29) is 40.1 Å². The zero-order valence-corrected chi connectivity index (χ0v) is 19.8. The summed E-state index contributed by atoms with van der Waals surface area (Å²) in [6.45, 7) is 0.0692. The van der Waals surface area contributed by atoms with Gasteiger partial charge < -0.3 is 9.15 Å². The number of ether oxygens (including phenoxy) is 1. The molecular formula is C25H16BrN3O6. The second-order valence-electron chi connectivity index (χ2n) is 7.73. The average Bonchev–Trinajstić information content (AvgIpc) is 2.86. The number of hydrogen-bond acceptors (Lipinski definition) is 7. The van der Waals surface area contributed by atoms with Gasteiger partial charge in [0.2, 0.25) is 11.1 Å². The first-order valence-electron chi connectivity index (χ1n) is 10.4. The summed E-state index contributed by atoms with van der Waals surface area (Å²) in [4.78, 5) is 42.4. The van der Waals surface area contributed by atoms with Crippen LogP contribution in [0.2, 0.25) is 0 Å². The van der Waals surface area contributed by atoms with Crippen LogP contribution < -0.4 is 15.7 Å². The van der Waals surface area contributed by atoms with Crippen molar-refractivity contribution in [2.24, 2.45) is 0 Å². The predicted molar refractivity (Wildman–Crippen MR) is 134 cm³/mol.